The van der Waals surface area contributed by atoms with Gasteiger partial charge in [0, 0.05) is 18.8 Å². The first-order chi connectivity index (χ1) is 7.78. The monoisotopic (exact) mass is 218 g/mol. The first kappa shape index (κ1) is 11.0. The van der Waals surface area contributed by atoms with Crippen molar-refractivity contribution in [1.29, 1.82) is 0 Å². The average Bonchev–Trinajstić information content (AvgIpc) is 2.73. The van der Waals surface area contributed by atoms with Crippen molar-refractivity contribution in [2.45, 2.75) is 20.4 Å². The molecular weight excluding hydrogens is 200 g/mol. The van der Waals surface area contributed by atoms with E-state index in [0.29, 0.717) is 6.54 Å². The van der Waals surface area contributed by atoms with Gasteiger partial charge in [0.2, 0.25) is 0 Å². The fourth-order valence-electron chi connectivity index (χ4n) is 1.93. The van der Waals surface area contributed by atoms with E-state index in [4.69, 9.17) is 5.73 Å². The Hall–Kier alpha value is -1.55. The van der Waals surface area contributed by atoms with Crippen LogP contribution < -0.4 is 10.6 Å². The summed E-state index contributed by atoms with van der Waals surface area (Å²) in [5, 5.41) is 0. The third kappa shape index (κ3) is 1.88. The topological polar surface area (TPSA) is 57.9 Å². The molecule has 0 spiro atoms. The predicted octanol–water partition coefficient (Wildman–Crippen LogP) is 1.87. The van der Waals surface area contributed by atoms with Gasteiger partial charge in [0.25, 0.3) is 0 Å². The first-order valence-corrected chi connectivity index (χ1v) is 5.72. The van der Waals surface area contributed by atoms with Crippen LogP contribution in [0, 0.1) is 0 Å². The van der Waals surface area contributed by atoms with Gasteiger partial charge in [-0.3, -0.25) is 0 Å². The molecule has 4 heteroatoms. The number of aromatic nitrogens is 2. The number of benzene rings is 1. The fourth-order valence-corrected chi connectivity index (χ4v) is 1.93. The van der Waals surface area contributed by atoms with Crippen LogP contribution in [0.4, 0.5) is 5.69 Å². The van der Waals surface area contributed by atoms with Gasteiger partial charge in [-0.05, 0) is 32.0 Å². The number of hydrogen-bond acceptors (Lipinski definition) is 3. The van der Waals surface area contributed by atoms with Crippen LogP contribution >= 0.6 is 0 Å². The highest BCUT2D eigenvalue weighted by Gasteiger charge is 2.05. The van der Waals surface area contributed by atoms with Crippen molar-refractivity contribution in [3.8, 4) is 0 Å². The molecule has 0 aliphatic heterocycles. The summed E-state index contributed by atoms with van der Waals surface area (Å²) in [4.78, 5) is 9.92. The van der Waals surface area contributed by atoms with Gasteiger partial charge < -0.3 is 15.6 Å². The van der Waals surface area contributed by atoms with E-state index in [9.17, 15) is 0 Å². The molecule has 3 N–H and O–H groups in total. The quantitative estimate of drug-likeness (QED) is 0.823. The van der Waals surface area contributed by atoms with E-state index in [1.54, 1.807) is 0 Å². The van der Waals surface area contributed by atoms with E-state index in [1.807, 2.05) is 6.07 Å². The minimum absolute atomic E-state index is 0.454. The number of H-pyrrole nitrogens is 1. The molecule has 0 unspecified atom stereocenters. The second-order valence-corrected chi connectivity index (χ2v) is 3.76. The Bertz CT molecular complexity index is 471. The highest BCUT2D eigenvalue weighted by Crippen LogP contribution is 2.20. The minimum Gasteiger partial charge on any atom is -0.372 e. The smallest absolute Gasteiger partial charge is 0.121 e. The van der Waals surface area contributed by atoms with Crippen LogP contribution in [0.2, 0.25) is 0 Å². The maximum absolute atomic E-state index is 5.56. The van der Waals surface area contributed by atoms with Crippen LogP contribution in [-0.2, 0) is 6.54 Å². The van der Waals surface area contributed by atoms with Crippen molar-refractivity contribution < 1.29 is 0 Å². The number of fused-ring (bicyclic) bond motifs is 1. The lowest BCUT2D eigenvalue weighted by atomic mass is 10.2. The molecule has 16 heavy (non-hydrogen) atoms. The van der Waals surface area contributed by atoms with Crippen LogP contribution in [0.15, 0.2) is 18.2 Å². The summed E-state index contributed by atoms with van der Waals surface area (Å²) in [6.45, 7) is 6.80. The molecule has 0 aliphatic carbocycles. The highest BCUT2D eigenvalue weighted by atomic mass is 15.1. The van der Waals surface area contributed by atoms with Crippen LogP contribution in [0.25, 0.3) is 11.0 Å². The fraction of sp³-hybridized carbons (Fsp3) is 0.417. The zero-order valence-electron chi connectivity index (χ0n) is 9.83. The second kappa shape index (κ2) is 4.53. The maximum atomic E-state index is 5.56. The third-order valence-electron chi connectivity index (χ3n) is 2.84. The van der Waals surface area contributed by atoms with Gasteiger partial charge in [-0.15, -0.1) is 0 Å². The number of anilines is 1. The number of hydrogen-bond donors (Lipinski definition) is 2. The van der Waals surface area contributed by atoms with Gasteiger partial charge in [0.15, 0.2) is 0 Å². The molecule has 0 saturated heterocycles. The lowest BCUT2D eigenvalue weighted by molar-refractivity contribution is 0.867. The van der Waals surface area contributed by atoms with E-state index in [0.717, 1.165) is 29.9 Å². The van der Waals surface area contributed by atoms with Crippen molar-refractivity contribution in [2.24, 2.45) is 5.73 Å². The Balaban J connectivity index is 2.42. The summed E-state index contributed by atoms with van der Waals surface area (Å²) in [6, 6.07) is 6.28. The summed E-state index contributed by atoms with van der Waals surface area (Å²) in [7, 11) is 0. The average molecular weight is 218 g/mol. The Morgan fingerprint density at radius 2 is 2.06 bits per heavy atom. The summed E-state index contributed by atoms with van der Waals surface area (Å²) in [5.41, 5.74) is 8.83. The highest BCUT2D eigenvalue weighted by molar-refractivity contribution is 5.79. The van der Waals surface area contributed by atoms with Gasteiger partial charge in [0.05, 0.1) is 17.6 Å². The van der Waals surface area contributed by atoms with Crippen LogP contribution in [-0.4, -0.2) is 23.1 Å². The van der Waals surface area contributed by atoms with E-state index < -0.39 is 0 Å². The van der Waals surface area contributed by atoms with Crippen LogP contribution in [0.3, 0.4) is 0 Å². The normalized spacial score (nSPS) is 10.9. The molecule has 0 atom stereocenters. The molecule has 0 aliphatic rings. The van der Waals surface area contributed by atoms with Gasteiger partial charge >= 0.3 is 0 Å². The molecule has 0 radical (unpaired) electrons. The molecule has 2 rings (SSSR count). The standard InChI is InChI=1S/C12H18N4/c1-3-16(4-2)9-5-6-10-11(7-9)15-12(8-13)14-10/h5-7H,3-4,8,13H2,1-2H3,(H,14,15). The molecule has 0 amide bonds. The lowest BCUT2D eigenvalue weighted by Gasteiger charge is -2.20. The van der Waals surface area contributed by atoms with Crippen LogP contribution in [0.5, 0.6) is 0 Å². The number of rotatable bonds is 4. The summed E-state index contributed by atoms with van der Waals surface area (Å²) in [6.07, 6.45) is 0. The lowest BCUT2D eigenvalue weighted by Crippen LogP contribution is -2.21. The Morgan fingerprint density at radius 1 is 1.31 bits per heavy atom. The predicted molar refractivity (Wildman–Crippen MR) is 67.5 cm³/mol. The number of nitrogens with one attached hydrogen (secondary N) is 1. The van der Waals surface area contributed by atoms with Crippen molar-refractivity contribution in [1.82, 2.24) is 9.97 Å². The molecule has 4 nitrogen and oxygen atoms in total. The van der Waals surface area contributed by atoms with Crippen molar-refractivity contribution >= 4 is 16.7 Å². The summed E-state index contributed by atoms with van der Waals surface area (Å²) < 4.78 is 0. The minimum atomic E-state index is 0.454. The van der Waals surface area contributed by atoms with Gasteiger partial charge in [0.1, 0.15) is 5.82 Å². The Morgan fingerprint density at radius 3 is 2.69 bits per heavy atom. The number of aromatic amines is 1. The van der Waals surface area contributed by atoms with E-state index in [2.05, 4.69) is 40.8 Å². The Kier molecular flexibility index (Phi) is 3.10. The molecule has 0 bridgehead atoms. The molecule has 1 heterocycles. The molecular formula is C12H18N4. The number of nitrogens with two attached hydrogens (primary N) is 1. The SMILES string of the molecule is CCN(CC)c1ccc2nc(CN)[nH]c2c1. The van der Waals surface area contributed by atoms with Gasteiger partial charge in [-0.1, -0.05) is 0 Å². The number of nitrogens with zero attached hydrogens (tertiary/aromatic N) is 2. The first-order valence-electron chi connectivity index (χ1n) is 5.72. The van der Waals surface area contributed by atoms with Crippen molar-refractivity contribution in [2.75, 3.05) is 18.0 Å². The van der Waals surface area contributed by atoms with Crippen LogP contribution in [0.1, 0.15) is 19.7 Å². The van der Waals surface area contributed by atoms with Crippen molar-refractivity contribution in [3.63, 3.8) is 0 Å². The zero-order valence-corrected chi connectivity index (χ0v) is 9.83. The maximum Gasteiger partial charge on any atom is 0.121 e. The second-order valence-electron chi connectivity index (χ2n) is 3.76. The molecule has 0 saturated carbocycles. The molecule has 0 fully saturated rings. The van der Waals surface area contributed by atoms with E-state index >= 15 is 0 Å². The van der Waals surface area contributed by atoms with Crippen molar-refractivity contribution in [3.05, 3.63) is 24.0 Å². The molecule has 86 valence electrons. The van der Waals surface area contributed by atoms with E-state index in [1.165, 1.54) is 5.69 Å². The summed E-state index contributed by atoms with van der Waals surface area (Å²) >= 11 is 0. The zero-order chi connectivity index (χ0) is 11.5. The number of imidazole rings is 1. The Labute approximate surface area is 95.5 Å². The van der Waals surface area contributed by atoms with E-state index in [-0.39, 0.29) is 0 Å². The summed E-state index contributed by atoms with van der Waals surface area (Å²) in [5.74, 6) is 0.840. The molecule has 1 aromatic heterocycles. The van der Waals surface area contributed by atoms with Gasteiger partial charge in [-0.25, -0.2) is 4.98 Å². The van der Waals surface area contributed by atoms with Gasteiger partial charge in [-0.2, -0.15) is 0 Å². The molecule has 2 aromatic rings. The molecule has 1 aromatic carbocycles. The third-order valence-corrected chi connectivity index (χ3v) is 2.84. The largest absolute Gasteiger partial charge is 0.372 e.